The minimum Gasteiger partial charge on any atom is -0.454 e. The Morgan fingerprint density at radius 3 is 2.59 bits per heavy atom. The molecule has 0 aromatic heterocycles. The van der Waals surface area contributed by atoms with Crippen molar-refractivity contribution in [2.45, 2.75) is 19.2 Å². The number of carbonyl (C=O) groups excluding carboxylic acids is 2. The summed E-state index contributed by atoms with van der Waals surface area (Å²) in [6.07, 6.45) is -3.97. The molecule has 1 N–H and O–H groups in total. The number of nitrogens with zero attached hydrogens (tertiary/aromatic N) is 1. The lowest BCUT2D eigenvalue weighted by atomic mass is 10.1. The van der Waals surface area contributed by atoms with E-state index in [1.165, 1.54) is 13.0 Å². The van der Waals surface area contributed by atoms with Crippen molar-refractivity contribution in [2.75, 3.05) is 12.1 Å². The van der Waals surface area contributed by atoms with Gasteiger partial charge in [0.05, 0.1) is 16.2 Å². The fourth-order valence-corrected chi connectivity index (χ4v) is 2.67. The second kappa shape index (κ2) is 8.96. The number of hydrogen-bond acceptors (Lipinski definition) is 7. The Labute approximate surface area is 178 Å². The number of carbonyl (C=O) groups is 2. The average Bonchev–Trinajstić information content (AvgIpc) is 3.19. The number of fused-ring (bicyclic) bond motifs is 1. The second-order valence-electron chi connectivity index (χ2n) is 6.50. The molecule has 0 spiro atoms. The highest BCUT2D eigenvalue weighted by Crippen LogP contribution is 2.37. The summed E-state index contributed by atoms with van der Waals surface area (Å²) in [6.45, 7) is 1.25. The molecule has 1 aliphatic heterocycles. The summed E-state index contributed by atoms with van der Waals surface area (Å²) in [7, 11) is 0. The molecule has 32 heavy (non-hydrogen) atoms. The van der Waals surface area contributed by atoms with Gasteiger partial charge in [0, 0.05) is 18.2 Å². The zero-order valence-corrected chi connectivity index (χ0v) is 16.3. The number of nitro benzene ring substituents is 1. The maximum absolute atomic E-state index is 13.2. The Hall–Kier alpha value is -4.09. The van der Waals surface area contributed by atoms with E-state index in [9.17, 15) is 32.9 Å². The Morgan fingerprint density at radius 1 is 1.19 bits per heavy atom. The predicted octanol–water partition coefficient (Wildman–Crippen LogP) is 3.93. The van der Waals surface area contributed by atoms with Crippen LogP contribution < -0.4 is 14.8 Å². The quantitative estimate of drug-likeness (QED) is 0.306. The van der Waals surface area contributed by atoms with Crippen LogP contribution in [0.5, 0.6) is 11.5 Å². The number of benzene rings is 2. The van der Waals surface area contributed by atoms with Gasteiger partial charge in [-0.25, -0.2) is 4.79 Å². The van der Waals surface area contributed by atoms with Crippen molar-refractivity contribution < 1.29 is 41.9 Å². The molecule has 0 radical (unpaired) electrons. The Bertz CT molecular complexity index is 1100. The first-order valence-corrected chi connectivity index (χ1v) is 8.99. The lowest BCUT2D eigenvalue weighted by molar-refractivity contribution is -0.385. The van der Waals surface area contributed by atoms with Crippen LogP contribution in [-0.2, 0) is 20.5 Å². The third-order valence-corrected chi connectivity index (χ3v) is 4.25. The highest BCUT2D eigenvalue weighted by Gasteiger charge is 2.36. The van der Waals surface area contributed by atoms with Crippen LogP contribution in [0.1, 0.15) is 18.1 Å². The van der Waals surface area contributed by atoms with Gasteiger partial charge in [-0.3, -0.25) is 14.9 Å². The maximum Gasteiger partial charge on any atom is 0.418 e. The Balaban J connectivity index is 1.64. The van der Waals surface area contributed by atoms with Crippen LogP contribution in [0, 0.1) is 10.1 Å². The topological polar surface area (TPSA) is 117 Å². The SMILES string of the molecule is CC(OC(=O)C=Cc1ccc2c(c1)OCO2)C(=O)Nc1ccc([N+](=O)[O-])cc1C(F)(F)F. The van der Waals surface area contributed by atoms with Gasteiger partial charge in [-0.1, -0.05) is 6.07 Å². The van der Waals surface area contributed by atoms with Crippen molar-refractivity contribution in [1.82, 2.24) is 0 Å². The fourth-order valence-electron chi connectivity index (χ4n) is 2.67. The summed E-state index contributed by atoms with van der Waals surface area (Å²) < 4.78 is 54.9. The molecule has 1 heterocycles. The van der Waals surface area contributed by atoms with Gasteiger partial charge in [-0.2, -0.15) is 13.2 Å². The summed E-state index contributed by atoms with van der Waals surface area (Å²) >= 11 is 0. The zero-order valence-electron chi connectivity index (χ0n) is 16.3. The number of halogens is 3. The molecule has 2 aromatic rings. The number of amides is 1. The molecule has 1 atom stereocenters. The van der Waals surface area contributed by atoms with Gasteiger partial charge in [0.15, 0.2) is 17.6 Å². The van der Waals surface area contributed by atoms with Gasteiger partial charge >= 0.3 is 12.1 Å². The van der Waals surface area contributed by atoms with Crippen LogP contribution in [0.3, 0.4) is 0 Å². The summed E-state index contributed by atoms with van der Waals surface area (Å²) in [5.74, 6) is -0.907. The minimum atomic E-state index is -4.96. The number of nitro groups is 1. The summed E-state index contributed by atoms with van der Waals surface area (Å²) in [5.41, 5.74) is -2.30. The molecule has 3 rings (SSSR count). The van der Waals surface area contributed by atoms with Crippen LogP contribution in [0.25, 0.3) is 6.08 Å². The van der Waals surface area contributed by atoms with E-state index in [1.807, 2.05) is 5.32 Å². The number of non-ortho nitro benzene ring substituents is 1. The Kier molecular flexibility index (Phi) is 6.32. The van der Waals surface area contributed by atoms with Gasteiger partial charge in [-0.05, 0) is 36.8 Å². The van der Waals surface area contributed by atoms with Crippen molar-refractivity contribution >= 4 is 29.3 Å². The van der Waals surface area contributed by atoms with E-state index in [-0.39, 0.29) is 6.79 Å². The van der Waals surface area contributed by atoms with Crippen molar-refractivity contribution in [2.24, 2.45) is 0 Å². The lowest BCUT2D eigenvalue weighted by Crippen LogP contribution is -2.30. The molecular weight excluding hydrogens is 437 g/mol. The van der Waals surface area contributed by atoms with Crippen molar-refractivity contribution in [1.29, 1.82) is 0 Å². The standard InChI is InChI=1S/C20H15F3N2O7/c1-11(32-18(26)7-3-12-2-6-16-17(8-12)31-10-30-16)19(27)24-15-5-4-13(25(28)29)9-14(15)20(21,22)23/h2-9,11H,10H2,1H3,(H,24,27). The molecule has 0 fully saturated rings. The first-order valence-electron chi connectivity index (χ1n) is 8.99. The van der Waals surface area contributed by atoms with Gasteiger partial charge in [-0.15, -0.1) is 0 Å². The smallest absolute Gasteiger partial charge is 0.418 e. The number of hydrogen-bond donors (Lipinski definition) is 1. The van der Waals surface area contributed by atoms with E-state index in [2.05, 4.69) is 0 Å². The van der Waals surface area contributed by atoms with Crippen LogP contribution in [0.2, 0.25) is 0 Å². The van der Waals surface area contributed by atoms with Crippen LogP contribution in [0.4, 0.5) is 24.5 Å². The van der Waals surface area contributed by atoms with E-state index >= 15 is 0 Å². The highest BCUT2D eigenvalue weighted by atomic mass is 19.4. The molecule has 0 aliphatic carbocycles. The van der Waals surface area contributed by atoms with E-state index in [4.69, 9.17) is 14.2 Å². The zero-order chi connectivity index (χ0) is 23.5. The number of esters is 1. The second-order valence-corrected chi connectivity index (χ2v) is 6.50. The van der Waals surface area contributed by atoms with Crippen LogP contribution in [-0.4, -0.2) is 29.7 Å². The maximum atomic E-state index is 13.2. The molecular formula is C20H15F3N2O7. The first-order chi connectivity index (χ1) is 15.0. The molecule has 12 heteroatoms. The monoisotopic (exact) mass is 452 g/mol. The summed E-state index contributed by atoms with van der Waals surface area (Å²) in [5, 5.41) is 12.7. The molecule has 2 aromatic carbocycles. The third-order valence-electron chi connectivity index (χ3n) is 4.25. The predicted molar refractivity (Wildman–Crippen MR) is 104 cm³/mol. The Morgan fingerprint density at radius 2 is 1.91 bits per heavy atom. The minimum absolute atomic E-state index is 0.0853. The lowest BCUT2D eigenvalue weighted by Gasteiger charge is -2.16. The number of anilines is 1. The first kappa shape index (κ1) is 22.6. The molecule has 0 saturated heterocycles. The van der Waals surface area contributed by atoms with Gasteiger partial charge in [0.1, 0.15) is 0 Å². The molecule has 0 bridgehead atoms. The van der Waals surface area contributed by atoms with Crippen molar-refractivity contribution in [3.63, 3.8) is 0 Å². The normalized spacial score (nSPS) is 13.6. The number of alkyl halides is 3. The molecule has 1 aliphatic rings. The molecule has 168 valence electrons. The van der Waals surface area contributed by atoms with Gasteiger partial charge in [0.25, 0.3) is 11.6 Å². The van der Waals surface area contributed by atoms with Crippen molar-refractivity contribution in [3.05, 3.63) is 63.7 Å². The fraction of sp³-hybridized carbons (Fsp3) is 0.200. The van der Waals surface area contributed by atoms with Crippen molar-refractivity contribution in [3.8, 4) is 11.5 Å². The average molecular weight is 452 g/mol. The van der Waals surface area contributed by atoms with Crippen LogP contribution >= 0.6 is 0 Å². The number of ether oxygens (including phenoxy) is 3. The summed E-state index contributed by atoms with van der Waals surface area (Å²) in [6, 6.07) is 6.80. The van der Waals surface area contributed by atoms with Crippen LogP contribution in [0.15, 0.2) is 42.5 Å². The largest absolute Gasteiger partial charge is 0.454 e. The van der Waals surface area contributed by atoms with E-state index in [0.29, 0.717) is 23.1 Å². The molecule has 1 amide bonds. The van der Waals surface area contributed by atoms with E-state index < -0.39 is 46.0 Å². The van der Waals surface area contributed by atoms with Gasteiger partial charge < -0.3 is 19.5 Å². The molecule has 0 saturated carbocycles. The highest BCUT2D eigenvalue weighted by molar-refractivity contribution is 5.97. The van der Waals surface area contributed by atoms with E-state index in [0.717, 1.165) is 18.2 Å². The summed E-state index contributed by atoms with van der Waals surface area (Å²) in [4.78, 5) is 33.9. The molecule has 1 unspecified atom stereocenters. The third kappa shape index (κ3) is 5.33. The van der Waals surface area contributed by atoms with Gasteiger partial charge in [0.2, 0.25) is 6.79 Å². The molecule has 9 nitrogen and oxygen atoms in total. The van der Waals surface area contributed by atoms with E-state index in [1.54, 1.807) is 18.2 Å². The number of rotatable bonds is 6. The number of nitrogens with one attached hydrogen (secondary N) is 1.